The summed E-state index contributed by atoms with van der Waals surface area (Å²) in [6, 6.07) is 30.8. The highest BCUT2D eigenvalue weighted by Gasteiger charge is 2.38. The summed E-state index contributed by atoms with van der Waals surface area (Å²) < 4.78 is 7.45. The molecule has 49 heavy (non-hydrogen) atoms. The van der Waals surface area contributed by atoms with Crippen LogP contribution in [0.2, 0.25) is 0 Å². The van der Waals surface area contributed by atoms with Crippen LogP contribution in [0.3, 0.4) is 0 Å². The van der Waals surface area contributed by atoms with Crippen LogP contribution in [0, 0.1) is 0 Å². The average molecular weight is 709 g/mol. The highest BCUT2D eigenvalue weighted by molar-refractivity contribution is 9.10. The van der Waals surface area contributed by atoms with Gasteiger partial charge in [-0.05, 0) is 109 Å². The number of imide groups is 1. The summed E-state index contributed by atoms with van der Waals surface area (Å²) in [5.41, 5.74) is 5.07. The number of anilines is 1. The van der Waals surface area contributed by atoms with E-state index in [1.54, 1.807) is 0 Å². The molecular weight excluding hydrogens is 670 g/mol. The molecule has 2 amide bonds. The maximum atomic E-state index is 14.6. The lowest BCUT2D eigenvalue weighted by Crippen LogP contribution is -2.41. The van der Waals surface area contributed by atoms with Crippen molar-refractivity contribution in [2.75, 3.05) is 4.90 Å². The molecule has 0 radical (unpaired) electrons. The Morgan fingerprint density at radius 2 is 1.12 bits per heavy atom. The molecule has 0 saturated heterocycles. The molecule has 8 rings (SSSR count). The first-order valence-corrected chi connectivity index (χ1v) is 17.8. The second-order valence-corrected chi connectivity index (χ2v) is 15.9. The Labute approximate surface area is 295 Å². The molecule has 0 spiro atoms. The Bertz CT molecular complexity index is 2400. The van der Waals surface area contributed by atoms with Gasteiger partial charge in [-0.1, -0.05) is 107 Å². The van der Waals surface area contributed by atoms with Crippen LogP contribution in [0.15, 0.2) is 95.5 Å². The molecule has 0 aromatic heterocycles. The number of benzene rings is 7. The number of nitrogens with zero attached hydrogens (tertiary/aromatic N) is 1. The minimum Gasteiger partial charge on any atom is -0.457 e. The van der Waals surface area contributed by atoms with Crippen LogP contribution in [0.4, 0.5) is 5.69 Å². The minimum absolute atomic E-state index is 0.0634. The third-order valence-corrected chi connectivity index (χ3v) is 10.6. The number of carbonyl (C=O) groups excluding carboxylic acids is 2. The number of fused-ring (bicyclic) bond motifs is 2. The van der Waals surface area contributed by atoms with Gasteiger partial charge in [0.05, 0.1) is 5.69 Å². The molecule has 0 saturated carbocycles. The minimum atomic E-state index is -0.280. The van der Waals surface area contributed by atoms with Crippen molar-refractivity contribution in [1.82, 2.24) is 0 Å². The van der Waals surface area contributed by atoms with Crippen molar-refractivity contribution in [3.8, 4) is 11.5 Å². The summed E-state index contributed by atoms with van der Waals surface area (Å²) in [6.45, 7) is 15.0. The molecule has 4 nitrogen and oxygen atoms in total. The maximum Gasteiger partial charge on any atom is 0.266 e. The van der Waals surface area contributed by atoms with Crippen LogP contribution in [-0.2, 0) is 5.41 Å². The Kier molecular flexibility index (Phi) is 7.17. The molecular formula is C44H38BrNO3. The molecule has 7 aromatic carbocycles. The zero-order valence-corrected chi connectivity index (χ0v) is 30.5. The summed E-state index contributed by atoms with van der Waals surface area (Å²) in [4.78, 5) is 30.6. The van der Waals surface area contributed by atoms with Crippen molar-refractivity contribution < 1.29 is 14.3 Å². The average Bonchev–Trinajstić information content (AvgIpc) is 3.06. The first-order chi connectivity index (χ1) is 23.3. The molecule has 0 aliphatic carbocycles. The fourth-order valence-corrected chi connectivity index (χ4v) is 8.18. The molecule has 244 valence electrons. The van der Waals surface area contributed by atoms with E-state index in [4.69, 9.17) is 4.74 Å². The van der Waals surface area contributed by atoms with Gasteiger partial charge in [0.25, 0.3) is 11.8 Å². The van der Waals surface area contributed by atoms with E-state index in [0.717, 1.165) is 70.2 Å². The fraction of sp³-hybridized carbons (Fsp3) is 0.227. The Hall–Kier alpha value is -4.74. The van der Waals surface area contributed by atoms with Crippen LogP contribution in [0.1, 0.15) is 97.7 Å². The molecule has 1 aliphatic rings. The van der Waals surface area contributed by atoms with E-state index in [-0.39, 0.29) is 29.1 Å². The normalized spacial score (nSPS) is 13.7. The fourth-order valence-electron chi connectivity index (χ4n) is 7.69. The van der Waals surface area contributed by atoms with Crippen LogP contribution in [0.5, 0.6) is 11.5 Å². The Balaban J connectivity index is 1.32. The summed E-state index contributed by atoms with van der Waals surface area (Å²) >= 11 is 3.68. The van der Waals surface area contributed by atoms with Crippen molar-refractivity contribution in [2.45, 2.75) is 65.7 Å². The number of carbonyl (C=O) groups is 2. The van der Waals surface area contributed by atoms with Gasteiger partial charge in [-0.15, -0.1) is 0 Å². The zero-order valence-electron chi connectivity index (χ0n) is 28.9. The topological polar surface area (TPSA) is 46.6 Å². The van der Waals surface area contributed by atoms with Gasteiger partial charge < -0.3 is 4.74 Å². The van der Waals surface area contributed by atoms with E-state index in [2.05, 4.69) is 113 Å². The molecule has 1 heterocycles. The largest absolute Gasteiger partial charge is 0.457 e. The number of hydrogen-bond acceptors (Lipinski definition) is 3. The molecule has 5 heteroatoms. The van der Waals surface area contributed by atoms with E-state index in [0.29, 0.717) is 16.8 Å². The standard InChI is InChI=1S/C44H38BrNO3/c1-23(2)35-21-26(45)22-36(24(3)4)41(35)46-42(47)33-17-15-30-28-9-8-10-32-37(49-27-13-11-25(12-14-27)44(5,6)7)20-19-29(38(28)32)31-16-18-34(43(46)48)40(33)39(30)31/h8-24H,1-7H3. The summed E-state index contributed by atoms with van der Waals surface area (Å²) in [6.07, 6.45) is 0. The van der Waals surface area contributed by atoms with Crippen molar-refractivity contribution in [1.29, 1.82) is 0 Å². The summed E-state index contributed by atoms with van der Waals surface area (Å²) in [7, 11) is 0. The smallest absolute Gasteiger partial charge is 0.266 e. The van der Waals surface area contributed by atoms with E-state index >= 15 is 0 Å². The molecule has 0 N–H and O–H groups in total. The van der Waals surface area contributed by atoms with Gasteiger partial charge in [-0.3, -0.25) is 9.59 Å². The summed E-state index contributed by atoms with van der Waals surface area (Å²) in [5.74, 6) is 1.23. The van der Waals surface area contributed by atoms with Gasteiger partial charge in [0.2, 0.25) is 0 Å². The molecule has 0 unspecified atom stereocenters. The molecule has 7 aromatic rings. The first-order valence-electron chi connectivity index (χ1n) is 17.0. The summed E-state index contributed by atoms with van der Waals surface area (Å²) in [5, 5.41) is 7.98. The molecule has 0 atom stereocenters. The zero-order chi connectivity index (χ0) is 34.5. The van der Waals surface area contributed by atoms with Gasteiger partial charge in [-0.2, -0.15) is 0 Å². The van der Waals surface area contributed by atoms with Crippen LogP contribution >= 0.6 is 15.9 Å². The van der Waals surface area contributed by atoms with Crippen molar-refractivity contribution >= 4 is 76.5 Å². The quantitative estimate of drug-likeness (QED) is 0.102. The lowest BCUT2D eigenvalue weighted by atomic mass is 9.84. The monoisotopic (exact) mass is 707 g/mol. The number of halogens is 1. The maximum absolute atomic E-state index is 14.6. The van der Waals surface area contributed by atoms with Gasteiger partial charge in [0, 0.05) is 31.8 Å². The molecule has 0 bridgehead atoms. The third kappa shape index (κ3) is 4.77. The SMILES string of the molecule is CC(C)c1cc(Br)cc(C(C)C)c1N1C(=O)c2ccc3c4cccc5c(Oc6ccc(C(C)(C)C)cc6)ccc(c6ccc(c2c36)C1=O)c54. The van der Waals surface area contributed by atoms with E-state index < -0.39 is 0 Å². The van der Waals surface area contributed by atoms with Crippen LogP contribution < -0.4 is 9.64 Å². The van der Waals surface area contributed by atoms with Crippen molar-refractivity contribution in [3.05, 3.63) is 123 Å². The van der Waals surface area contributed by atoms with Crippen LogP contribution in [0.25, 0.3) is 43.1 Å². The third-order valence-electron chi connectivity index (χ3n) is 10.2. The number of hydrogen-bond donors (Lipinski definition) is 0. The van der Waals surface area contributed by atoms with Gasteiger partial charge in [0.1, 0.15) is 11.5 Å². The van der Waals surface area contributed by atoms with Gasteiger partial charge in [-0.25, -0.2) is 4.90 Å². The first kappa shape index (κ1) is 31.5. The predicted molar refractivity (Wildman–Crippen MR) is 206 cm³/mol. The Morgan fingerprint density at radius 3 is 1.67 bits per heavy atom. The highest BCUT2D eigenvalue weighted by Crippen LogP contribution is 2.48. The van der Waals surface area contributed by atoms with E-state index in [1.807, 2.05) is 42.5 Å². The lowest BCUT2D eigenvalue weighted by Gasteiger charge is -2.33. The Morgan fingerprint density at radius 1 is 0.612 bits per heavy atom. The second-order valence-electron chi connectivity index (χ2n) is 15.0. The number of rotatable bonds is 5. The predicted octanol–water partition coefficient (Wildman–Crippen LogP) is 12.6. The number of ether oxygens (including phenoxy) is 1. The van der Waals surface area contributed by atoms with Gasteiger partial charge in [0.15, 0.2) is 0 Å². The van der Waals surface area contributed by atoms with Crippen molar-refractivity contribution in [3.63, 3.8) is 0 Å². The van der Waals surface area contributed by atoms with Crippen LogP contribution in [-0.4, -0.2) is 11.8 Å². The van der Waals surface area contributed by atoms with Crippen molar-refractivity contribution in [2.24, 2.45) is 0 Å². The number of amides is 2. The highest BCUT2D eigenvalue weighted by atomic mass is 79.9. The molecule has 0 fully saturated rings. The van der Waals surface area contributed by atoms with E-state index in [9.17, 15) is 9.59 Å². The van der Waals surface area contributed by atoms with E-state index in [1.165, 1.54) is 10.5 Å². The lowest BCUT2D eigenvalue weighted by molar-refractivity contribution is 0.0893. The van der Waals surface area contributed by atoms with Gasteiger partial charge >= 0.3 is 0 Å². The molecule has 1 aliphatic heterocycles. The second kappa shape index (κ2) is 11.1.